The first-order valence-corrected chi connectivity index (χ1v) is 24.5. The van der Waals surface area contributed by atoms with Gasteiger partial charge in [-0.25, -0.2) is 18.2 Å². The normalized spacial score (nSPS) is 22.3. The number of amides is 5. The first kappa shape index (κ1) is 51.7. The highest BCUT2D eigenvalue weighted by Gasteiger charge is 2.62. The average molecular weight is 973 g/mol. The summed E-state index contributed by atoms with van der Waals surface area (Å²) in [6, 6.07) is 10.8. The summed E-state index contributed by atoms with van der Waals surface area (Å²) in [6.45, 7) is 10.0. The van der Waals surface area contributed by atoms with Crippen LogP contribution in [0.2, 0.25) is 0 Å². The summed E-state index contributed by atoms with van der Waals surface area (Å²) in [6.07, 6.45) is -3.07. The molecule has 6 rings (SSSR count). The molecule has 68 heavy (non-hydrogen) atoms. The number of hydrogen-bond donors (Lipinski definition) is 3. The van der Waals surface area contributed by atoms with Gasteiger partial charge in [0.2, 0.25) is 33.3 Å². The number of fused-ring (bicyclic) bond motifs is 1. The number of methoxy groups -OCH3 is 1. The number of pyridine rings is 1. The van der Waals surface area contributed by atoms with Crippen LogP contribution >= 0.6 is 0 Å². The lowest BCUT2D eigenvalue weighted by Gasteiger charge is -2.35. The van der Waals surface area contributed by atoms with Gasteiger partial charge in [-0.2, -0.15) is 13.2 Å². The van der Waals surface area contributed by atoms with Crippen molar-refractivity contribution < 1.29 is 59.8 Å². The van der Waals surface area contributed by atoms with Gasteiger partial charge in [-0.05, 0) is 94.5 Å². The van der Waals surface area contributed by atoms with Gasteiger partial charge in [0.25, 0.3) is 11.8 Å². The summed E-state index contributed by atoms with van der Waals surface area (Å²) in [5.74, 6) is -3.41. The monoisotopic (exact) mass is 972 g/mol. The second kappa shape index (κ2) is 19.7. The molecule has 3 N–H and O–H groups in total. The summed E-state index contributed by atoms with van der Waals surface area (Å²) in [4.78, 5) is 77.8. The minimum absolute atomic E-state index is 0.0327. The number of sulfonamides is 1. The molecule has 0 spiro atoms. The second-order valence-corrected chi connectivity index (χ2v) is 21.5. The van der Waals surface area contributed by atoms with E-state index in [1.807, 2.05) is 13.8 Å². The van der Waals surface area contributed by atoms with Crippen LogP contribution in [0.15, 0.2) is 54.7 Å². The van der Waals surface area contributed by atoms with E-state index in [1.165, 1.54) is 30.0 Å². The summed E-state index contributed by atoms with van der Waals surface area (Å²) >= 11 is 0. The zero-order chi connectivity index (χ0) is 50.1. The fourth-order valence-corrected chi connectivity index (χ4v) is 10.1. The largest absolute Gasteiger partial charge is 0.497 e. The van der Waals surface area contributed by atoms with Crippen LogP contribution < -0.4 is 29.7 Å². The van der Waals surface area contributed by atoms with E-state index in [0.29, 0.717) is 67.3 Å². The molecule has 1 aromatic heterocycles. The highest BCUT2D eigenvalue weighted by molar-refractivity contribution is 7.91. The first-order chi connectivity index (χ1) is 31.8. The van der Waals surface area contributed by atoms with E-state index in [2.05, 4.69) is 20.3 Å². The highest BCUT2D eigenvalue weighted by Crippen LogP contribution is 2.46. The third kappa shape index (κ3) is 10.8. The molecule has 16 nitrogen and oxygen atoms in total. The zero-order valence-corrected chi connectivity index (χ0v) is 40.8. The number of rotatable bonds is 19. The maximum absolute atomic E-state index is 15.1. The Balaban J connectivity index is 1.37. The predicted octanol–water partition coefficient (Wildman–Crippen LogP) is 7.05. The van der Waals surface area contributed by atoms with Gasteiger partial charge < -0.3 is 34.6 Å². The average Bonchev–Trinajstić information content (AvgIpc) is 4.15. The Morgan fingerprint density at radius 1 is 1.03 bits per heavy atom. The quantitative estimate of drug-likeness (QED) is 0.111. The van der Waals surface area contributed by atoms with E-state index in [9.17, 15) is 40.8 Å². The molecule has 2 aromatic carbocycles. The number of carbonyl (C=O) groups excluding carboxylic acids is 5. The molecule has 372 valence electrons. The minimum atomic E-state index is -4.95. The SMILES string of the molecule is CCC[C@@H](C)C[C@@H](CC)[C@H](NC(=O)OC(C)(C)C(F)(F)F)C(=O)N1C[C@H](Oc2ncc(N(C)C(=O)c3ccccc3)c3cc(OC)ccc23)C[C@H]1C(=O)N[C@]1(C(=O)NS(=O)(=O)C2(C)CC2)C[C@H]1C. The van der Waals surface area contributed by atoms with Crippen LogP contribution in [0.1, 0.15) is 110 Å². The number of hydrogen-bond acceptors (Lipinski definition) is 11. The van der Waals surface area contributed by atoms with Crippen molar-refractivity contribution >= 4 is 56.2 Å². The molecule has 2 aliphatic carbocycles. The number of halogens is 3. The van der Waals surface area contributed by atoms with E-state index in [1.54, 1.807) is 69.4 Å². The van der Waals surface area contributed by atoms with Crippen LogP contribution in [-0.4, -0.2) is 109 Å². The van der Waals surface area contributed by atoms with Crippen LogP contribution in [0.25, 0.3) is 10.8 Å². The number of anilines is 1. The van der Waals surface area contributed by atoms with Gasteiger partial charge in [-0.15, -0.1) is 0 Å². The molecule has 0 bridgehead atoms. The maximum Gasteiger partial charge on any atom is 0.427 e. The molecule has 0 unspecified atom stereocenters. The summed E-state index contributed by atoms with van der Waals surface area (Å²) in [5.41, 5.74) is -3.71. The molecule has 7 atom stereocenters. The number of nitrogens with one attached hydrogen (secondary N) is 3. The van der Waals surface area contributed by atoms with Crippen molar-refractivity contribution in [1.29, 1.82) is 0 Å². The number of carbonyl (C=O) groups is 5. The highest BCUT2D eigenvalue weighted by atomic mass is 32.2. The molecular weight excluding hydrogens is 910 g/mol. The number of nitrogens with zero attached hydrogens (tertiary/aromatic N) is 3. The number of aromatic nitrogens is 1. The Kier molecular flexibility index (Phi) is 15.0. The number of alkyl carbamates (subject to hydrolysis) is 1. The Labute approximate surface area is 395 Å². The molecule has 2 heterocycles. The molecule has 3 fully saturated rings. The lowest BCUT2D eigenvalue weighted by atomic mass is 9.85. The van der Waals surface area contributed by atoms with E-state index in [-0.39, 0.29) is 37.1 Å². The van der Waals surface area contributed by atoms with Crippen molar-refractivity contribution in [1.82, 2.24) is 25.2 Å². The fraction of sp³-hybridized carbons (Fsp3) is 0.583. The van der Waals surface area contributed by atoms with Gasteiger partial charge >= 0.3 is 12.3 Å². The number of ether oxygens (including phenoxy) is 3. The molecule has 3 aromatic rings. The smallest absolute Gasteiger partial charge is 0.427 e. The van der Waals surface area contributed by atoms with Crippen LogP contribution in [0.4, 0.5) is 23.7 Å². The van der Waals surface area contributed by atoms with Gasteiger partial charge in [-0.3, -0.25) is 23.9 Å². The van der Waals surface area contributed by atoms with Crippen LogP contribution in [0.5, 0.6) is 11.6 Å². The molecule has 3 aliphatic rings. The fourth-order valence-electron chi connectivity index (χ4n) is 8.81. The molecule has 1 saturated heterocycles. The lowest BCUT2D eigenvalue weighted by Crippen LogP contribution is -2.60. The van der Waals surface area contributed by atoms with Crippen LogP contribution in [0.3, 0.4) is 0 Å². The predicted molar refractivity (Wildman–Crippen MR) is 247 cm³/mol. The first-order valence-electron chi connectivity index (χ1n) is 23.0. The van der Waals surface area contributed by atoms with Gasteiger partial charge in [0.05, 0.1) is 30.3 Å². The van der Waals surface area contributed by atoms with Crippen molar-refractivity contribution in [3.63, 3.8) is 0 Å². The van der Waals surface area contributed by atoms with Crippen LogP contribution in [-0.2, 0) is 29.1 Å². The van der Waals surface area contributed by atoms with Crippen molar-refractivity contribution in [2.24, 2.45) is 17.8 Å². The lowest BCUT2D eigenvalue weighted by molar-refractivity contribution is -0.244. The van der Waals surface area contributed by atoms with Crippen molar-refractivity contribution in [3.05, 3.63) is 60.3 Å². The molecular formula is C48H63F3N6O10S. The van der Waals surface area contributed by atoms with Crippen molar-refractivity contribution in [3.8, 4) is 11.6 Å². The van der Waals surface area contributed by atoms with Crippen molar-refractivity contribution in [2.45, 2.75) is 140 Å². The number of benzene rings is 2. The molecule has 5 amide bonds. The Morgan fingerprint density at radius 3 is 2.26 bits per heavy atom. The van der Waals surface area contributed by atoms with Gasteiger partial charge in [0.1, 0.15) is 29.5 Å². The molecule has 0 radical (unpaired) electrons. The van der Waals surface area contributed by atoms with E-state index in [4.69, 9.17) is 14.2 Å². The maximum atomic E-state index is 15.1. The summed E-state index contributed by atoms with van der Waals surface area (Å²) in [7, 11) is -1.00. The molecule has 1 aliphatic heterocycles. The van der Waals surface area contributed by atoms with Crippen LogP contribution in [0, 0.1) is 17.8 Å². The Hall–Kier alpha value is -5.66. The standard InChI is InChI=1S/C48H63F3N6O10S/c1-10-15-28(3)22-30(11-2)38(53-44(62)67-45(5,6)48(49,50)51)42(60)57-27-33(24-36(57)39(58)54-47(25-29(47)4)43(61)55-68(63,64)46(7)20-21-46)66-40-34-19-18-32(65-9)23-35(34)37(26-52-40)56(8)41(59)31-16-13-12-14-17-31/h12-14,16-19,23,26,28-30,33,36,38H,10-11,15,20-22,24-25,27H2,1-9H3,(H,53,62)(H,54,58)(H,55,61)/t28-,29-,30-,33-,36+,38+,47-/m1/s1. The molecule has 20 heteroatoms. The summed E-state index contributed by atoms with van der Waals surface area (Å²) < 4.78 is 86.1. The van der Waals surface area contributed by atoms with E-state index < -0.39 is 85.9 Å². The summed E-state index contributed by atoms with van der Waals surface area (Å²) in [5, 5.41) is 6.16. The Morgan fingerprint density at radius 2 is 1.69 bits per heavy atom. The van der Waals surface area contributed by atoms with Crippen molar-refractivity contribution in [2.75, 3.05) is 25.6 Å². The Bertz CT molecular complexity index is 2510. The third-order valence-electron chi connectivity index (χ3n) is 13.8. The van der Waals surface area contributed by atoms with E-state index in [0.717, 1.165) is 12.8 Å². The third-order valence-corrected chi connectivity index (χ3v) is 16.0. The topological polar surface area (TPSA) is 203 Å². The zero-order valence-electron chi connectivity index (χ0n) is 40.0. The van der Waals surface area contributed by atoms with E-state index >= 15 is 4.79 Å². The second-order valence-electron chi connectivity index (χ2n) is 19.3. The van der Waals surface area contributed by atoms with Gasteiger partial charge in [0, 0.05) is 29.8 Å². The molecule has 2 saturated carbocycles. The number of alkyl halides is 3. The van der Waals surface area contributed by atoms with Gasteiger partial charge in [0.15, 0.2) is 0 Å². The minimum Gasteiger partial charge on any atom is -0.497 e. The van der Waals surface area contributed by atoms with Gasteiger partial charge in [-0.1, -0.05) is 65.2 Å². The number of likely N-dealkylation sites (tertiary alicyclic amines) is 1.